The minimum atomic E-state index is 0. The smallest absolute Gasteiger partial charge is 0.136 e. The van der Waals surface area contributed by atoms with Crippen LogP contribution in [0.15, 0.2) is 146 Å². The summed E-state index contributed by atoms with van der Waals surface area (Å²) in [7, 11) is 0. The molecule has 0 spiro atoms. The van der Waals surface area contributed by atoms with Crippen molar-refractivity contribution in [1.82, 2.24) is 4.98 Å². The third-order valence-electron chi connectivity index (χ3n) is 8.32. The molecule has 47 heavy (non-hydrogen) atoms. The van der Waals surface area contributed by atoms with Crippen LogP contribution in [0.5, 0.6) is 5.75 Å². The summed E-state index contributed by atoms with van der Waals surface area (Å²) in [5, 5.41) is 15.0. The van der Waals surface area contributed by atoms with Crippen LogP contribution in [0.25, 0.3) is 32.8 Å². The van der Waals surface area contributed by atoms with Crippen molar-refractivity contribution in [2.75, 3.05) is 9.80 Å². The summed E-state index contributed by atoms with van der Waals surface area (Å²) in [6.07, 6.45) is 1.89. The van der Waals surface area contributed by atoms with Gasteiger partial charge in [0.2, 0.25) is 0 Å². The van der Waals surface area contributed by atoms with Crippen molar-refractivity contribution < 1.29 is 25.2 Å². The third kappa shape index (κ3) is 6.38. The Hall–Kier alpha value is -4.96. The van der Waals surface area contributed by atoms with E-state index in [4.69, 9.17) is 0 Å². The Bertz CT molecular complexity index is 2150. The van der Waals surface area contributed by atoms with E-state index < -0.39 is 0 Å². The van der Waals surface area contributed by atoms with Crippen LogP contribution in [-0.2, 0) is 25.5 Å². The summed E-state index contributed by atoms with van der Waals surface area (Å²) in [5.74, 6) is 0.267. The zero-order valence-corrected chi connectivity index (χ0v) is 29.0. The Kier molecular flexibility index (Phi) is 9.13. The Labute approximate surface area is 290 Å². The minimum Gasteiger partial charge on any atom is -0.506 e. The van der Waals surface area contributed by atoms with Crippen molar-refractivity contribution in [2.45, 2.75) is 26.2 Å². The molecule has 0 saturated carbocycles. The van der Waals surface area contributed by atoms with Crippen LogP contribution < -0.4 is 9.80 Å². The maximum Gasteiger partial charge on any atom is 0.136 e. The molecule has 0 saturated heterocycles. The van der Waals surface area contributed by atoms with Gasteiger partial charge in [-0.3, -0.25) is 4.98 Å². The Morgan fingerprint density at radius 3 is 1.96 bits per heavy atom. The monoisotopic (exact) mass is 790 g/mol. The standard InChI is InChI=1S/C23H20N.C19H15N2O.Ir/c1-23(2,3)21-15-18(14-17-9-5-6-10-19(17)21)22-20-11-7-4-8-16(20)12-13-24-22;22-19-13-7-6-12-18(19)21-14-20(15-8-2-1-3-9-15)16-10-4-5-11-17(16)21;/h4-13,15H,1-3H3;1-14,22H;/q2*-1;. The zero-order chi connectivity index (χ0) is 31.7. The molecule has 1 aliphatic rings. The first-order valence-electron chi connectivity index (χ1n) is 15.5. The predicted molar refractivity (Wildman–Crippen MR) is 192 cm³/mol. The number of benzene rings is 6. The summed E-state index contributed by atoms with van der Waals surface area (Å²) in [4.78, 5) is 8.81. The first-order chi connectivity index (χ1) is 22.4. The van der Waals surface area contributed by atoms with E-state index >= 15 is 0 Å². The first kappa shape index (κ1) is 32.0. The number of aromatic hydroxyl groups is 1. The van der Waals surface area contributed by atoms with E-state index in [1.807, 2.05) is 66.3 Å². The van der Waals surface area contributed by atoms with E-state index in [1.165, 1.54) is 21.7 Å². The van der Waals surface area contributed by atoms with Crippen LogP contribution in [0.1, 0.15) is 26.3 Å². The van der Waals surface area contributed by atoms with Gasteiger partial charge in [-0.2, -0.15) is 0 Å². The van der Waals surface area contributed by atoms with Gasteiger partial charge in [0.1, 0.15) is 5.75 Å². The summed E-state index contributed by atoms with van der Waals surface area (Å²) in [6.45, 7) is 8.79. The maximum atomic E-state index is 10.2. The van der Waals surface area contributed by atoms with Crippen molar-refractivity contribution in [1.29, 1.82) is 0 Å². The second kappa shape index (κ2) is 13.4. The zero-order valence-electron chi connectivity index (χ0n) is 26.6. The Balaban J connectivity index is 0.000000161. The number of para-hydroxylation sites is 5. The van der Waals surface area contributed by atoms with Crippen molar-refractivity contribution in [2.24, 2.45) is 0 Å². The molecule has 0 bridgehead atoms. The van der Waals surface area contributed by atoms with Gasteiger partial charge >= 0.3 is 0 Å². The molecule has 1 aliphatic heterocycles. The number of aromatic nitrogens is 1. The number of hydrogen-bond donors (Lipinski definition) is 1. The van der Waals surface area contributed by atoms with E-state index in [1.54, 1.807) is 6.07 Å². The third-order valence-corrected chi connectivity index (χ3v) is 8.32. The van der Waals surface area contributed by atoms with Crippen LogP contribution in [-0.4, -0.2) is 10.1 Å². The van der Waals surface area contributed by atoms with Gasteiger partial charge in [0, 0.05) is 49.1 Å². The number of phenols is 1. The molecule has 1 radical (unpaired) electrons. The van der Waals surface area contributed by atoms with Crippen molar-refractivity contribution in [3.05, 3.63) is 164 Å². The van der Waals surface area contributed by atoms with Gasteiger partial charge in [-0.05, 0) is 58.7 Å². The van der Waals surface area contributed by atoms with Crippen LogP contribution >= 0.6 is 0 Å². The van der Waals surface area contributed by atoms with Gasteiger partial charge in [0.25, 0.3) is 0 Å². The topological polar surface area (TPSA) is 39.6 Å². The molecule has 1 N–H and O–H groups in total. The Morgan fingerprint density at radius 2 is 1.23 bits per heavy atom. The van der Waals surface area contributed by atoms with Gasteiger partial charge in [-0.1, -0.05) is 117 Å². The van der Waals surface area contributed by atoms with Crippen LogP contribution in [0, 0.1) is 12.7 Å². The molecular formula is C42H35IrN3O-2. The Morgan fingerprint density at radius 1 is 0.638 bits per heavy atom. The second-order valence-electron chi connectivity index (χ2n) is 12.4. The number of nitrogens with zero attached hydrogens (tertiary/aromatic N) is 3. The van der Waals surface area contributed by atoms with Gasteiger partial charge in [0.05, 0.1) is 5.69 Å². The molecule has 2 heterocycles. The van der Waals surface area contributed by atoms with E-state index in [0.29, 0.717) is 0 Å². The number of anilines is 4. The molecule has 4 nitrogen and oxygen atoms in total. The molecule has 7 aromatic rings. The fourth-order valence-corrected chi connectivity index (χ4v) is 6.08. The summed E-state index contributed by atoms with van der Waals surface area (Å²) >= 11 is 0. The van der Waals surface area contributed by atoms with Crippen LogP contribution in [0.2, 0.25) is 0 Å². The van der Waals surface area contributed by atoms with E-state index in [2.05, 4.69) is 122 Å². The van der Waals surface area contributed by atoms with Crippen molar-refractivity contribution in [3.8, 4) is 17.0 Å². The molecule has 0 aliphatic carbocycles. The molecule has 0 amide bonds. The summed E-state index contributed by atoms with van der Waals surface area (Å²) in [5.41, 5.74) is 7.47. The first-order valence-corrected chi connectivity index (χ1v) is 15.5. The minimum absolute atomic E-state index is 0. The SMILES string of the molecule is CC(C)(C)c1cc(-c2nccc3ccccc23)[c-]c2ccccc12.Oc1ccccc1N1[CH-]N(c2ccccc2)c2ccccc21.[Ir]. The fourth-order valence-electron chi connectivity index (χ4n) is 6.08. The van der Waals surface area contributed by atoms with Gasteiger partial charge in [0.15, 0.2) is 0 Å². The van der Waals surface area contributed by atoms with E-state index in [-0.39, 0.29) is 31.3 Å². The molecule has 0 unspecified atom stereocenters. The molecular weight excluding hydrogens is 755 g/mol. The molecule has 6 aromatic carbocycles. The van der Waals surface area contributed by atoms with Crippen molar-refractivity contribution >= 4 is 44.3 Å². The van der Waals surface area contributed by atoms with Gasteiger partial charge in [-0.25, -0.2) is 0 Å². The largest absolute Gasteiger partial charge is 0.506 e. The predicted octanol–water partition coefficient (Wildman–Crippen LogP) is 11.0. The molecule has 0 atom stereocenters. The number of pyridine rings is 1. The average Bonchev–Trinajstić information content (AvgIpc) is 3.47. The average molecular weight is 790 g/mol. The number of phenolic OH excluding ortho intramolecular Hbond substituents is 1. The molecule has 5 heteroatoms. The van der Waals surface area contributed by atoms with Crippen LogP contribution in [0.3, 0.4) is 0 Å². The summed E-state index contributed by atoms with van der Waals surface area (Å²) < 4.78 is 0. The van der Waals surface area contributed by atoms with Gasteiger partial charge in [-0.15, -0.1) is 35.8 Å². The second-order valence-corrected chi connectivity index (χ2v) is 12.4. The normalized spacial score (nSPS) is 12.3. The molecule has 1 aromatic heterocycles. The van der Waals surface area contributed by atoms with E-state index in [9.17, 15) is 5.11 Å². The quantitative estimate of drug-likeness (QED) is 0.181. The van der Waals surface area contributed by atoms with Gasteiger partial charge < -0.3 is 14.9 Å². The summed E-state index contributed by atoms with van der Waals surface area (Å²) in [6, 6.07) is 50.5. The van der Waals surface area contributed by atoms with Crippen molar-refractivity contribution in [3.63, 3.8) is 0 Å². The molecule has 8 rings (SSSR count). The van der Waals surface area contributed by atoms with E-state index in [0.717, 1.165) is 39.4 Å². The van der Waals surface area contributed by atoms with Crippen LogP contribution in [0.4, 0.5) is 22.7 Å². The maximum absolute atomic E-state index is 10.2. The number of rotatable bonds is 3. The molecule has 0 fully saturated rings. The number of hydrogen-bond acceptors (Lipinski definition) is 4. The number of fused-ring (bicyclic) bond motifs is 3. The fraction of sp³-hybridized carbons (Fsp3) is 0.0952. The molecule has 235 valence electrons.